The standard InChI is InChI=1S/C7H10N4O3/c1-3-5-6(11(13)14)7(8-4-12)10(2)9-5/h4H,3H2,1-2H3,(H,8,12). The maximum Gasteiger partial charge on any atom is 0.334 e. The monoisotopic (exact) mass is 198 g/mol. The van der Waals surface area contributed by atoms with Gasteiger partial charge < -0.3 is 5.32 Å². The average molecular weight is 198 g/mol. The zero-order chi connectivity index (χ0) is 10.7. The first-order valence-electron chi connectivity index (χ1n) is 4.02. The Kier molecular flexibility index (Phi) is 2.80. The summed E-state index contributed by atoms with van der Waals surface area (Å²) in [7, 11) is 1.54. The Balaban J connectivity index is 3.30. The lowest BCUT2D eigenvalue weighted by atomic mass is 10.3. The molecule has 0 unspecified atom stereocenters. The van der Waals surface area contributed by atoms with Crippen molar-refractivity contribution in [1.82, 2.24) is 9.78 Å². The molecule has 0 saturated carbocycles. The molecule has 1 aromatic heterocycles. The van der Waals surface area contributed by atoms with Crippen molar-refractivity contribution < 1.29 is 9.72 Å². The molecule has 0 radical (unpaired) electrons. The van der Waals surface area contributed by atoms with E-state index in [0.29, 0.717) is 18.5 Å². The third-order valence-corrected chi connectivity index (χ3v) is 1.81. The van der Waals surface area contributed by atoms with Gasteiger partial charge in [0.05, 0.1) is 4.92 Å². The van der Waals surface area contributed by atoms with Gasteiger partial charge in [0.1, 0.15) is 5.69 Å². The van der Waals surface area contributed by atoms with E-state index in [1.165, 1.54) is 11.7 Å². The lowest BCUT2D eigenvalue weighted by molar-refractivity contribution is -0.384. The van der Waals surface area contributed by atoms with Gasteiger partial charge in [0.25, 0.3) is 0 Å². The lowest BCUT2D eigenvalue weighted by Gasteiger charge is -1.96. The Morgan fingerprint density at radius 3 is 2.79 bits per heavy atom. The summed E-state index contributed by atoms with van der Waals surface area (Å²) in [4.78, 5) is 20.4. The topological polar surface area (TPSA) is 90.1 Å². The molecule has 7 heteroatoms. The molecule has 0 aliphatic heterocycles. The van der Waals surface area contributed by atoms with Crippen molar-refractivity contribution in [3.8, 4) is 0 Å². The maximum absolute atomic E-state index is 10.7. The number of aryl methyl sites for hydroxylation is 2. The number of hydrogen-bond acceptors (Lipinski definition) is 4. The molecule has 7 nitrogen and oxygen atoms in total. The molecule has 0 aliphatic carbocycles. The van der Waals surface area contributed by atoms with Crippen molar-refractivity contribution >= 4 is 17.9 Å². The summed E-state index contributed by atoms with van der Waals surface area (Å²) in [5.41, 5.74) is 0.226. The first kappa shape index (κ1) is 10.2. The van der Waals surface area contributed by atoms with E-state index in [4.69, 9.17) is 0 Å². The summed E-state index contributed by atoms with van der Waals surface area (Å²) in [5, 5.41) is 16.9. The van der Waals surface area contributed by atoms with Gasteiger partial charge in [0, 0.05) is 7.05 Å². The molecule has 1 heterocycles. The van der Waals surface area contributed by atoms with Crippen LogP contribution in [0.3, 0.4) is 0 Å². The minimum Gasteiger partial charge on any atom is -0.308 e. The van der Waals surface area contributed by atoms with Gasteiger partial charge >= 0.3 is 5.69 Å². The number of anilines is 1. The van der Waals surface area contributed by atoms with Crippen molar-refractivity contribution in [2.24, 2.45) is 7.05 Å². The summed E-state index contributed by atoms with van der Waals surface area (Å²) in [6, 6.07) is 0. The molecular formula is C7H10N4O3. The van der Waals surface area contributed by atoms with Gasteiger partial charge in [-0.2, -0.15) is 5.10 Å². The number of amides is 1. The fourth-order valence-corrected chi connectivity index (χ4v) is 1.22. The van der Waals surface area contributed by atoms with Crippen molar-refractivity contribution in [3.05, 3.63) is 15.8 Å². The number of carbonyl (C=O) groups excluding carboxylic acids is 1. The van der Waals surface area contributed by atoms with Gasteiger partial charge in [-0.1, -0.05) is 6.92 Å². The number of hydrogen-bond donors (Lipinski definition) is 1. The lowest BCUT2D eigenvalue weighted by Crippen LogP contribution is -2.03. The first-order chi connectivity index (χ1) is 6.61. The molecule has 0 bridgehead atoms. The van der Waals surface area contributed by atoms with Crippen LogP contribution in [0.5, 0.6) is 0 Å². The van der Waals surface area contributed by atoms with Crippen LogP contribution < -0.4 is 5.32 Å². The summed E-state index contributed by atoms with van der Waals surface area (Å²) in [6.45, 7) is 1.76. The summed E-state index contributed by atoms with van der Waals surface area (Å²) < 4.78 is 1.28. The Morgan fingerprint density at radius 1 is 1.71 bits per heavy atom. The van der Waals surface area contributed by atoms with Crippen LogP contribution in [0, 0.1) is 10.1 Å². The fraction of sp³-hybridized carbons (Fsp3) is 0.429. The zero-order valence-corrected chi connectivity index (χ0v) is 7.85. The Hall–Kier alpha value is -1.92. The molecule has 0 aliphatic rings. The third-order valence-electron chi connectivity index (χ3n) is 1.81. The van der Waals surface area contributed by atoms with Crippen molar-refractivity contribution in [2.75, 3.05) is 5.32 Å². The van der Waals surface area contributed by atoms with Crippen LogP contribution in [0.4, 0.5) is 11.5 Å². The molecule has 1 aromatic rings. The first-order valence-corrected chi connectivity index (χ1v) is 4.02. The van der Waals surface area contributed by atoms with E-state index in [1.54, 1.807) is 6.92 Å². The van der Waals surface area contributed by atoms with Gasteiger partial charge in [-0.15, -0.1) is 0 Å². The highest BCUT2D eigenvalue weighted by Crippen LogP contribution is 2.27. The van der Waals surface area contributed by atoms with E-state index >= 15 is 0 Å². The highest BCUT2D eigenvalue weighted by Gasteiger charge is 2.24. The van der Waals surface area contributed by atoms with E-state index < -0.39 is 4.92 Å². The molecular weight excluding hydrogens is 188 g/mol. The van der Waals surface area contributed by atoms with E-state index in [2.05, 4.69) is 10.4 Å². The minimum absolute atomic E-state index is 0.113. The molecule has 76 valence electrons. The highest BCUT2D eigenvalue weighted by atomic mass is 16.6. The van der Waals surface area contributed by atoms with E-state index in [9.17, 15) is 14.9 Å². The molecule has 1 amide bonds. The number of nitrogens with one attached hydrogen (secondary N) is 1. The van der Waals surface area contributed by atoms with Crippen LogP contribution in [0.2, 0.25) is 0 Å². The van der Waals surface area contributed by atoms with Crippen LogP contribution in [-0.2, 0) is 18.3 Å². The van der Waals surface area contributed by atoms with Crippen molar-refractivity contribution in [2.45, 2.75) is 13.3 Å². The van der Waals surface area contributed by atoms with Gasteiger partial charge in [-0.05, 0) is 6.42 Å². The fourth-order valence-electron chi connectivity index (χ4n) is 1.22. The molecule has 1 N–H and O–H groups in total. The van der Waals surface area contributed by atoms with Crippen molar-refractivity contribution in [1.29, 1.82) is 0 Å². The summed E-state index contributed by atoms with van der Waals surface area (Å²) >= 11 is 0. The SMILES string of the molecule is CCc1nn(C)c(NC=O)c1[N+](=O)[O-]. The largest absolute Gasteiger partial charge is 0.334 e. The Labute approximate surface area is 79.9 Å². The zero-order valence-electron chi connectivity index (χ0n) is 7.85. The summed E-state index contributed by atoms with van der Waals surface area (Å²) in [5.74, 6) is 0.113. The Morgan fingerprint density at radius 2 is 2.36 bits per heavy atom. The van der Waals surface area contributed by atoms with Gasteiger partial charge in [-0.3, -0.25) is 14.9 Å². The summed E-state index contributed by atoms with van der Waals surface area (Å²) in [6.07, 6.45) is 0.841. The van der Waals surface area contributed by atoms with E-state index in [-0.39, 0.29) is 11.5 Å². The van der Waals surface area contributed by atoms with Gasteiger partial charge in [0.2, 0.25) is 12.2 Å². The number of carbonyl (C=O) groups is 1. The number of aromatic nitrogens is 2. The van der Waals surface area contributed by atoms with Gasteiger partial charge in [0.15, 0.2) is 0 Å². The Bertz CT molecular complexity index is 371. The predicted octanol–water partition coefficient (Wildman–Crippen LogP) is 0.459. The number of rotatable bonds is 4. The molecule has 1 rings (SSSR count). The van der Waals surface area contributed by atoms with Crippen LogP contribution in [0.15, 0.2) is 0 Å². The predicted molar refractivity (Wildman–Crippen MR) is 48.9 cm³/mol. The highest BCUT2D eigenvalue weighted by molar-refractivity contribution is 5.75. The van der Waals surface area contributed by atoms with Crippen LogP contribution >= 0.6 is 0 Å². The van der Waals surface area contributed by atoms with Crippen molar-refractivity contribution in [3.63, 3.8) is 0 Å². The molecule has 0 fully saturated rings. The second kappa shape index (κ2) is 3.86. The van der Waals surface area contributed by atoms with Crippen LogP contribution in [0.1, 0.15) is 12.6 Å². The molecule has 0 spiro atoms. The number of nitro groups is 1. The second-order valence-electron chi connectivity index (χ2n) is 2.64. The normalized spacial score (nSPS) is 9.86. The minimum atomic E-state index is -0.544. The van der Waals surface area contributed by atoms with E-state index in [0.717, 1.165) is 0 Å². The number of nitrogens with zero attached hydrogens (tertiary/aromatic N) is 3. The van der Waals surface area contributed by atoms with E-state index in [1.807, 2.05) is 0 Å². The third kappa shape index (κ3) is 1.56. The van der Waals surface area contributed by atoms with Crippen LogP contribution in [0.25, 0.3) is 0 Å². The molecule has 0 atom stereocenters. The average Bonchev–Trinajstić information content (AvgIpc) is 2.44. The van der Waals surface area contributed by atoms with Crippen LogP contribution in [-0.4, -0.2) is 21.1 Å². The molecule has 0 aromatic carbocycles. The smallest absolute Gasteiger partial charge is 0.308 e. The van der Waals surface area contributed by atoms with Gasteiger partial charge in [-0.25, -0.2) is 4.68 Å². The maximum atomic E-state index is 10.7. The quantitative estimate of drug-likeness (QED) is 0.432. The molecule has 0 saturated heterocycles. The second-order valence-corrected chi connectivity index (χ2v) is 2.64. The molecule has 14 heavy (non-hydrogen) atoms.